The Kier molecular flexibility index (Phi) is 2.26. The Morgan fingerprint density at radius 2 is 1.82 bits per heavy atom. The largest absolute Gasteiger partial charge is 0.430 e. The van der Waals surface area contributed by atoms with Gasteiger partial charge in [-0.25, -0.2) is 0 Å². The molecular weight excluding hydrogens is 229 g/mol. The number of hydrogen-bond acceptors (Lipinski definition) is 2. The number of aliphatic imine (C=N–C) groups is 1. The summed E-state index contributed by atoms with van der Waals surface area (Å²) in [6.07, 6.45) is -4.30. The number of halogens is 3. The van der Waals surface area contributed by atoms with Crippen molar-refractivity contribution in [1.82, 2.24) is 4.90 Å². The molecule has 1 aromatic carbocycles. The Morgan fingerprint density at radius 3 is 2.47 bits per heavy atom. The van der Waals surface area contributed by atoms with Gasteiger partial charge in [-0.1, -0.05) is 30.3 Å². The van der Waals surface area contributed by atoms with Gasteiger partial charge in [-0.2, -0.15) is 13.2 Å². The lowest BCUT2D eigenvalue weighted by Crippen LogP contribution is -2.34. The van der Waals surface area contributed by atoms with E-state index < -0.39 is 17.9 Å². The molecule has 1 aromatic rings. The quantitative estimate of drug-likeness (QED) is 0.688. The van der Waals surface area contributed by atoms with E-state index in [9.17, 15) is 13.2 Å². The zero-order chi connectivity index (χ0) is 12.0. The minimum Gasteiger partial charge on any atom is -0.282 e. The molecule has 0 radical (unpaired) electrons. The molecule has 2 nitrogen and oxygen atoms in total. The molecule has 0 aromatic heterocycles. The van der Waals surface area contributed by atoms with E-state index >= 15 is 0 Å². The standard InChI is InChI=1S/C12H11F3N2/c13-12(14,15)11-10-9(17(10)7-6-16-11)8-4-2-1-3-5-8/h1-5,9-10H,6-7H2/t9-,10+,17?/m1/s1. The van der Waals surface area contributed by atoms with Crippen molar-refractivity contribution in [2.45, 2.75) is 18.3 Å². The third-order valence-electron chi connectivity index (χ3n) is 3.28. The average Bonchev–Trinajstić information content (AvgIpc) is 3.02. The molecule has 3 atom stereocenters. The van der Waals surface area contributed by atoms with Crippen molar-refractivity contribution in [1.29, 1.82) is 0 Å². The van der Waals surface area contributed by atoms with Crippen LogP contribution in [0.1, 0.15) is 11.6 Å². The van der Waals surface area contributed by atoms with Gasteiger partial charge in [-0.15, -0.1) is 0 Å². The van der Waals surface area contributed by atoms with Gasteiger partial charge in [0.15, 0.2) is 0 Å². The van der Waals surface area contributed by atoms with Crippen LogP contribution in [0.3, 0.4) is 0 Å². The second kappa shape index (κ2) is 3.57. The number of nitrogens with zero attached hydrogens (tertiary/aromatic N) is 2. The summed E-state index contributed by atoms with van der Waals surface area (Å²) in [6.45, 7) is 0.860. The van der Waals surface area contributed by atoms with Crippen LogP contribution in [-0.2, 0) is 0 Å². The highest BCUT2D eigenvalue weighted by Gasteiger charge is 2.59. The third kappa shape index (κ3) is 1.74. The Balaban J connectivity index is 1.88. The number of rotatable bonds is 1. The SMILES string of the molecule is FC(F)(F)C1=NCCN2[C@H]1[C@H]2c1ccccc1. The van der Waals surface area contributed by atoms with Crippen LogP contribution < -0.4 is 0 Å². The molecule has 0 saturated carbocycles. The van der Waals surface area contributed by atoms with Crippen LogP contribution in [0, 0.1) is 0 Å². The van der Waals surface area contributed by atoms with Crippen molar-refractivity contribution in [3.05, 3.63) is 35.9 Å². The lowest BCUT2D eigenvalue weighted by atomic mass is 10.1. The van der Waals surface area contributed by atoms with E-state index in [-0.39, 0.29) is 12.6 Å². The van der Waals surface area contributed by atoms with E-state index in [0.717, 1.165) is 5.56 Å². The maximum absolute atomic E-state index is 12.7. The van der Waals surface area contributed by atoms with Crippen molar-refractivity contribution < 1.29 is 13.2 Å². The van der Waals surface area contributed by atoms with Crippen molar-refractivity contribution in [2.75, 3.05) is 13.1 Å². The summed E-state index contributed by atoms with van der Waals surface area (Å²) in [7, 11) is 0. The fourth-order valence-corrected chi connectivity index (χ4v) is 2.52. The molecule has 90 valence electrons. The lowest BCUT2D eigenvalue weighted by Gasteiger charge is -2.14. The van der Waals surface area contributed by atoms with Crippen LogP contribution in [0.15, 0.2) is 35.3 Å². The first-order chi connectivity index (χ1) is 8.09. The summed E-state index contributed by atoms with van der Waals surface area (Å²) in [4.78, 5) is 5.50. The molecule has 2 aliphatic rings. The Hall–Kier alpha value is -1.36. The maximum Gasteiger partial charge on any atom is 0.430 e. The van der Waals surface area contributed by atoms with Gasteiger partial charge in [0.05, 0.1) is 18.6 Å². The smallest absolute Gasteiger partial charge is 0.282 e. The molecule has 17 heavy (non-hydrogen) atoms. The first kappa shape index (κ1) is 10.8. The van der Waals surface area contributed by atoms with Gasteiger partial charge in [0.2, 0.25) is 0 Å². The van der Waals surface area contributed by atoms with E-state index in [1.165, 1.54) is 0 Å². The van der Waals surface area contributed by atoms with E-state index in [1.54, 1.807) is 0 Å². The minimum absolute atomic E-state index is 0.140. The summed E-state index contributed by atoms with van der Waals surface area (Å²) in [5, 5.41) is 0. The monoisotopic (exact) mass is 240 g/mol. The molecule has 2 aliphatic heterocycles. The Bertz CT molecular complexity index is 453. The van der Waals surface area contributed by atoms with Gasteiger partial charge in [0.25, 0.3) is 0 Å². The predicted octanol–water partition coefficient (Wildman–Crippen LogP) is 2.43. The van der Waals surface area contributed by atoms with E-state index in [4.69, 9.17) is 0 Å². The summed E-state index contributed by atoms with van der Waals surface area (Å²) in [6, 6.07) is 8.61. The molecule has 0 bridgehead atoms. The maximum atomic E-state index is 12.7. The van der Waals surface area contributed by atoms with E-state index in [1.807, 2.05) is 35.2 Å². The van der Waals surface area contributed by atoms with Crippen molar-refractivity contribution >= 4 is 5.71 Å². The van der Waals surface area contributed by atoms with Gasteiger partial charge in [-0.05, 0) is 5.56 Å². The molecule has 5 heteroatoms. The normalized spacial score (nSPS) is 31.7. The predicted molar refractivity (Wildman–Crippen MR) is 58.0 cm³/mol. The second-order valence-electron chi connectivity index (χ2n) is 4.30. The highest BCUT2D eigenvalue weighted by atomic mass is 19.4. The molecule has 0 amide bonds. The zero-order valence-corrected chi connectivity index (χ0v) is 8.98. The highest BCUT2D eigenvalue weighted by molar-refractivity contribution is 5.98. The summed E-state index contributed by atoms with van der Waals surface area (Å²) in [5.41, 5.74) is 0.328. The Labute approximate surface area is 96.8 Å². The minimum atomic E-state index is -4.30. The van der Waals surface area contributed by atoms with Gasteiger partial charge >= 0.3 is 6.18 Å². The van der Waals surface area contributed by atoms with Crippen molar-refractivity contribution in [3.63, 3.8) is 0 Å². The number of hydrogen-bond donors (Lipinski definition) is 0. The molecule has 3 rings (SSSR count). The van der Waals surface area contributed by atoms with Gasteiger partial charge in [0.1, 0.15) is 5.71 Å². The molecule has 0 spiro atoms. The topological polar surface area (TPSA) is 15.4 Å². The summed E-state index contributed by atoms with van der Waals surface area (Å²) < 4.78 is 38.2. The van der Waals surface area contributed by atoms with Gasteiger partial charge < -0.3 is 0 Å². The van der Waals surface area contributed by atoms with Crippen molar-refractivity contribution in [2.24, 2.45) is 4.99 Å². The van der Waals surface area contributed by atoms with Crippen LogP contribution in [0.25, 0.3) is 0 Å². The zero-order valence-electron chi connectivity index (χ0n) is 8.98. The molecule has 1 saturated heterocycles. The van der Waals surface area contributed by atoms with Crippen LogP contribution in [-0.4, -0.2) is 35.9 Å². The number of fused-ring (bicyclic) bond motifs is 1. The second-order valence-corrected chi connectivity index (χ2v) is 4.30. The lowest BCUT2D eigenvalue weighted by molar-refractivity contribution is -0.0613. The van der Waals surface area contributed by atoms with Gasteiger partial charge in [0, 0.05) is 6.54 Å². The number of benzene rings is 1. The Morgan fingerprint density at radius 1 is 1.12 bits per heavy atom. The van der Waals surface area contributed by atoms with E-state index in [2.05, 4.69) is 4.99 Å². The molecule has 1 fully saturated rings. The fourth-order valence-electron chi connectivity index (χ4n) is 2.52. The first-order valence-electron chi connectivity index (χ1n) is 5.51. The molecule has 0 N–H and O–H groups in total. The molecular formula is C12H11F3N2. The fraction of sp³-hybridized carbons (Fsp3) is 0.417. The average molecular weight is 240 g/mol. The highest BCUT2D eigenvalue weighted by Crippen LogP contribution is 2.47. The number of alkyl halides is 3. The van der Waals surface area contributed by atoms with E-state index in [0.29, 0.717) is 6.54 Å². The third-order valence-corrected chi connectivity index (χ3v) is 3.28. The summed E-state index contributed by atoms with van der Waals surface area (Å²) in [5.74, 6) is 0. The molecule has 0 aliphatic carbocycles. The van der Waals surface area contributed by atoms with Crippen LogP contribution >= 0.6 is 0 Å². The first-order valence-corrected chi connectivity index (χ1v) is 5.51. The van der Waals surface area contributed by atoms with Crippen LogP contribution in [0.5, 0.6) is 0 Å². The van der Waals surface area contributed by atoms with Crippen LogP contribution in [0.4, 0.5) is 13.2 Å². The summed E-state index contributed by atoms with van der Waals surface area (Å²) >= 11 is 0. The molecule has 2 heterocycles. The molecule has 1 unspecified atom stereocenters. The van der Waals surface area contributed by atoms with Gasteiger partial charge in [-0.3, -0.25) is 9.89 Å². The van der Waals surface area contributed by atoms with Crippen molar-refractivity contribution in [3.8, 4) is 0 Å². The van der Waals surface area contributed by atoms with Crippen LogP contribution in [0.2, 0.25) is 0 Å².